The Balaban J connectivity index is 3.92. The van der Waals surface area contributed by atoms with E-state index < -0.39 is 6.23 Å². The number of unbranched alkanes of at least 4 members (excludes halogenated alkanes) is 2. The van der Waals surface area contributed by atoms with E-state index >= 15 is 0 Å². The standard InChI is InChI=1S/C12H23NO2/c1-5-6-7-8-11(13)15-12(14)10(4)9(2)3/h11H,5-8,13H2,1-4H3. The minimum atomic E-state index is -0.460. The van der Waals surface area contributed by atoms with Crippen LogP contribution in [0.3, 0.4) is 0 Å². The second-order valence-electron chi connectivity index (χ2n) is 4.06. The summed E-state index contributed by atoms with van der Waals surface area (Å²) in [5.41, 5.74) is 7.31. The predicted octanol–water partition coefficient (Wildman–Crippen LogP) is 2.75. The number of ether oxygens (including phenoxy) is 1. The second-order valence-corrected chi connectivity index (χ2v) is 4.06. The summed E-state index contributed by atoms with van der Waals surface area (Å²) in [6.07, 6.45) is 3.58. The van der Waals surface area contributed by atoms with Crippen molar-refractivity contribution in [2.75, 3.05) is 0 Å². The predicted molar refractivity (Wildman–Crippen MR) is 62.3 cm³/mol. The lowest BCUT2D eigenvalue weighted by atomic mass is 10.2. The quantitative estimate of drug-likeness (QED) is 0.319. The summed E-state index contributed by atoms with van der Waals surface area (Å²) in [6, 6.07) is 0. The van der Waals surface area contributed by atoms with Crippen molar-refractivity contribution in [3.8, 4) is 0 Å². The third-order valence-electron chi connectivity index (χ3n) is 2.41. The number of nitrogens with two attached hydrogens (primary N) is 1. The molecular weight excluding hydrogens is 190 g/mol. The first-order valence-electron chi connectivity index (χ1n) is 5.59. The van der Waals surface area contributed by atoms with Crippen molar-refractivity contribution in [1.82, 2.24) is 0 Å². The lowest BCUT2D eigenvalue weighted by Crippen LogP contribution is -2.27. The van der Waals surface area contributed by atoms with Gasteiger partial charge in [0.05, 0.1) is 0 Å². The van der Waals surface area contributed by atoms with Crippen LogP contribution in [-0.4, -0.2) is 12.2 Å². The summed E-state index contributed by atoms with van der Waals surface area (Å²) in [7, 11) is 0. The van der Waals surface area contributed by atoms with Gasteiger partial charge in [-0.15, -0.1) is 0 Å². The third kappa shape index (κ3) is 6.28. The Hall–Kier alpha value is -0.830. The molecule has 0 aromatic rings. The van der Waals surface area contributed by atoms with Crippen molar-refractivity contribution < 1.29 is 9.53 Å². The monoisotopic (exact) mass is 213 g/mol. The van der Waals surface area contributed by atoms with Gasteiger partial charge in [0.15, 0.2) is 6.23 Å². The smallest absolute Gasteiger partial charge is 0.335 e. The lowest BCUT2D eigenvalue weighted by Gasteiger charge is -2.13. The van der Waals surface area contributed by atoms with Crippen molar-refractivity contribution in [1.29, 1.82) is 0 Å². The van der Waals surface area contributed by atoms with E-state index in [0.29, 0.717) is 5.57 Å². The van der Waals surface area contributed by atoms with E-state index in [1.54, 1.807) is 6.92 Å². The summed E-state index contributed by atoms with van der Waals surface area (Å²) in [5.74, 6) is -0.293. The Kier molecular flexibility index (Phi) is 7.05. The van der Waals surface area contributed by atoms with E-state index in [1.165, 1.54) is 0 Å². The van der Waals surface area contributed by atoms with Gasteiger partial charge in [-0.2, -0.15) is 0 Å². The van der Waals surface area contributed by atoms with Crippen LogP contribution in [0.15, 0.2) is 11.1 Å². The van der Waals surface area contributed by atoms with Crippen LogP contribution in [0, 0.1) is 0 Å². The zero-order valence-electron chi connectivity index (χ0n) is 10.3. The van der Waals surface area contributed by atoms with Crippen molar-refractivity contribution in [2.45, 2.75) is 59.6 Å². The Morgan fingerprint density at radius 3 is 2.33 bits per heavy atom. The molecule has 0 aliphatic rings. The van der Waals surface area contributed by atoms with Crippen LogP contribution in [0.1, 0.15) is 53.4 Å². The molecule has 0 radical (unpaired) electrons. The number of allylic oxidation sites excluding steroid dienone is 1. The summed E-state index contributed by atoms with van der Waals surface area (Å²) in [5, 5.41) is 0. The van der Waals surface area contributed by atoms with Crippen LogP contribution in [0.4, 0.5) is 0 Å². The summed E-state index contributed by atoms with van der Waals surface area (Å²) < 4.78 is 5.10. The maximum Gasteiger partial charge on any atom is 0.335 e. The van der Waals surface area contributed by atoms with Gasteiger partial charge in [-0.05, 0) is 33.6 Å². The molecule has 88 valence electrons. The molecule has 0 spiro atoms. The van der Waals surface area contributed by atoms with E-state index in [0.717, 1.165) is 31.3 Å². The van der Waals surface area contributed by atoms with Crippen LogP contribution < -0.4 is 5.73 Å². The molecule has 3 nitrogen and oxygen atoms in total. The molecular formula is C12H23NO2. The maximum absolute atomic E-state index is 11.5. The molecule has 0 amide bonds. The number of carbonyl (C=O) groups is 1. The van der Waals surface area contributed by atoms with Gasteiger partial charge < -0.3 is 4.74 Å². The Morgan fingerprint density at radius 2 is 1.87 bits per heavy atom. The molecule has 0 aliphatic heterocycles. The maximum atomic E-state index is 11.5. The summed E-state index contributed by atoms with van der Waals surface area (Å²) in [4.78, 5) is 11.5. The first kappa shape index (κ1) is 14.2. The Bertz CT molecular complexity index is 230. The summed E-state index contributed by atoms with van der Waals surface area (Å²) >= 11 is 0. The molecule has 0 bridgehead atoms. The highest BCUT2D eigenvalue weighted by atomic mass is 16.6. The van der Waals surface area contributed by atoms with Crippen molar-refractivity contribution >= 4 is 5.97 Å². The molecule has 1 atom stereocenters. The Labute approximate surface area is 92.7 Å². The number of hydrogen-bond donors (Lipinski definition) is 1. The molecule has 1 unspecified atom stereocenters. The van der Waals surface area contributed by atoms with E-state index in [9.17, 15) is 4.79 Å². The van der Waals surface area contributed by atoms with Crippen molar-refractivity contribution in [3.63, 3.8) is 0 Å². The van der Waals surface area contributed by atoms with Crippen LogP contribution >= 0.6 is 0 Å². The van der Waals surface area contributed by atoms with Gasteiger partial charge in [-0.25, -0.2) is 4.79 Å². The molecule has 0 aliphatic carbocycles. The molecule has 0 saturated heterocycles. The highest BCUT2D eigenvalue weighted by Crippen LogP contribution is 2.08. The first-order chi connectivity index (χ1) is 6.99. The average Bonchev–Trinajstić information content (AvgIpc) is 2.16. The molecule has 3 heteroatoms. The molecule has 0 aromatic carbocycles. The number of hydrogen-bond acceptors (Lipinski definition) is 3. The van der Waals surface area contributed by atoms with Crippen LogP contribution in [0.25, 0.3) is 0 Å². The SMILES string of the molecule is CCCCCC(N)OC(=O)C(C)=C(C)C. The third-order valence-corrected chi connectivity index (χ3v) is 2.41. The second kappa shape index (κ2) is 7.46. The largest absolute Gasteiger partial charge is 0.443 e. The van der Waals surface area contributed by atoms with Gasteiger partial charge in [-0.3, -0.25) is 5.73 Å². The topological polar surface area (TPSA) is 52.3 Å². The first-order valence-corrected chi connectivity index (χ1v) is 5.59. The molecule has 0 heterocycles. The van der Waals surface area contributed by atoms with Gasteiger partial charge in [0, 0.05) is 5.57 Å². The number of rotatable bonds is 6. The highest BCUT2D eigenvalue weighted by molar-refractivity contribution is 5.88. The fraction of sp³-hybridized carbons (Fsp3) is 0.750. The van der Waals surface area contributed by atoms with E-state index in [-0.39, 0.29) is 5.97 Å². The van der Waals surface area contributed by atoms with Gasteiger partial charge in [-0.1, -0.05) is 25.3 Å². The molecule has 15 heavy (non-hydrogen) atoms. The minimum Gasteiger partial charge on any atom is -0.443 e. The van der Waals surface area contributed by atoms with Gasteiger partial charge in [0.2, 0.25) is 0 Å². The van der Waals surface area contributed by atoms with Crippen molar-refractivity contribution in [2.24, 2.45) is 5.73 Å². The highest BCUT2D eigenvalue weighted by Gasteiger charge is 2.11. The average molecular weight is 213 g/mol. The van der Waals surface area contributed by atoms with Gasteiger partial charge in [0.25, 0.3) is 0 Å². The Morgan fingerprint density at radius 1 is 1.27 bits per heavy atom. The lowest BCUT2D eigenvalue weighted by molar-refractivity contribution is -0.144. The fourth-order valence-electron chi connectivity index (χ4n) is 1.08. The van der Waals surface area contributed by atoms with E-state index in [2.05, 4.69) is 6.92 Å². The van der Waals surface area contributed by atoms with E-state index in [1.807, 2.05) is 13.8 Å². The number of carbonyl (C=O) groups excluding carboxylic acids is 1. The van der Waals surface area contributed by atoms with E-state index in [4.69, 9.17) is 10.5 Å². The zero-order chi connectivity index (χ0) is 11.8. The molecule has 0 fully saturated rings. The molecule has 0 aromatic heterocycles. The van der Waals surface area contributed by atoms with Crippen LogP contribution in [0.5, 0.6) is 0 Å². The van der Waals surface area contributed by atoms with Gasteiger partial charge >= 0.3 is 5.97 Å². The normalized spacial score (nSPS) is 12.1. The molecule has 0 rings (SSSR count). The van der Waals surface area contributed by atoms with Crippen molar-refractivity contribution in [3.05, 3.63) is 11.1 Å². The zero-order valence-corrected chi connectivity index (χ0v) is 10.3. The van der Waals surface area contributed by atoms with Crippen LogP contribution in [-0.2, 0) is 9.53 Å². The summed E-state index contributed by atoms with van der Waals surface area (Å²) in [6.45, 7) is 7.67. The van der Waals surface area contributed by atoms with Gasteiger partial charge in [0.1, 0.15) is 0 Å². The number of esters is 1. The fourth-order valence-corrected chi connectivity index (χ4v) is 1.08. The molecule has 0 saturated carbocycles. The minimum absolute atomic E-state index is 0.293. The van der Waals surface area contributed by atoms with Crippen LogP contribution in [0.2, 0.25) is 0 Å². The molecule has 2 N–H and O–H groups in total.